The molecule has 0 spiro atoms. The van der Waals surface area contributed by atoms with E-state index in [9.17, 15) is 4.79 Å². The molecular weight excluding hydrogens is 462 g/mol. The zero-order valence-electron chi connectivity index (χ0n) is 20.9. The van der Waals surface area contributed by atoms with Gasteiger partial charge in [0.2, 0.25) is 5.91 Å². The summed E-state index contributed by atoms with van der Waals surface area (Å²) in [5, 5.41) is 13.1. The van der Waals surface area contributed by atoms with Gasteiger partial charge >= 0.3 is 0 Å². The zero-order chi connectivity index (χ0) is 24.3. The van der Waals surface area contributed by atoms with Gasteiger partial charge in [0.25, 0.3) is 0 Å². The van der Waals surface area contributed by atoms with Crippen LogP contribution in [0.15, 0.2) is 12.3 Å². The average molecular weight is 502 g/mol. The van der Waals surface area contributed by atoms with E-state index < -0.39 is 0 Å². The summed E-state index contributed by atoms with van der Waals surface area (Å²) >= 11 is 1.76. The molecule has 192 valence electrons. The summed E-state index contributed by atoms with van der Waals surface area (Å²) in [6.07, 6.45) is 10.8. The molecule has 3 aliphatic rings. The molecule has 3 heterocycles. The van der Waals surface area contributed by atoms with Crippen LogP contribution in [0.5, 0.6) is 5.75 Å². The molecule has 1 aliphatic heterocycles. The molecular formula is C27H39N3O4S. The summed E-state index contributed by atoms with van der Waals surface area (Å²) < 4.78 is 12.3. The number of nitrogens with one attached hydrogen (secondary N) is 1. The van der Waals surface area contributed by atoms with Crippen molar-refractivity contribution < 1.29 is 19.4 Å². The number of morpholine rings is 1. The minimum Gasteiger partial charge on any atom is -0.490 e. The predicted molar refractivity (Wildman–Crippen MR) is 138 cm³/mol. The van der Waals surface area contributed by atoms with Gasteiger partial charge in [0.1, 0.15) is 10.6 Å². The van der Waals surface area contributed by atoms with Gasteiger partial charge in [-0.3, -0.25) is 9.69 Å². The van der Waals surface area contributed by atoms with E-state index in [1.54, 1.807) is 11.3 Å². The summed E-state index contributed by atoms with van der Waals surface area (Å²) in [5.74, 6) is 1.22. The lowest BCUT2D eigenvalue weighted by Gasteiger charge is -2.49. The lowest BCUT2D eigenvalue weighted by molar-refractivity contribution is -0.121. The molecule has 0 aromatic carbocycles. The number of pyridine rings is 1. The lowest BCUT2D eigenvalue weighted by Crippen LogP contribution is -2.55. The number of thiophene rings is 1. The lowest BCUT2D eigenvalue weighted by atomic mass is 9.77. The zero-order valence-corrected chi connectivity index (χ0v) is 21.7. The highest BCUT2D eigenvalue weighted by molar-refractivity contribution is 7.19. The maximum Gasteiger partial charge on any atom is 0.220 e. The monoisotopic (exact) mass is 501 g/mol. The Labute approximate surface area is 212 Å². The van der Waals surface area contributed by atoms with Crippen molar-refractivity contribution in [3.63, 3.8) is 0 Å². The third-order valence-electron chi connectivity index (χ3n) is 8.38. The molecule has 1 atom stereocenters. The van der Waals surface area contributed by atoms with E-state index in [0.717, 1.165) is 68.0 Å². The number of amides is 1. The van der Waals surface area contributed by atoms with Gasteiger partial charge in [0, 0.05) is 49.3 Å². The fourth-order valence-electron chi connectivity index (χ4n) is 6.39. The number of aliphatic hydroxyl groups excluding tert-OH is 1. The minimum absolute atomic E-state index is 0.0632. The molecule has 8 heteroatoms. The number of nitrogens with zero attached hydrogens (tertiary/aromatic N) is 2. The first kappa shape index (κ1) is 24.9. The van der Waals surface area contributed by atoms with Crippen molar-refractivity contribution in [2.45, 2.75) is 82.3 Å². The molecule has 2 fully saturated rings. The molecule has 2 N–H and O–H groups in total. The molecule has 1 saturated heterocycles. The number of rotatable bonds is 9. The van der Waals surface area contributed by atoms with Crippen molar-refractivity contribution in [3.05, 3.63) is 22.7 Å². The molecule has 0 bridgehead atoms. The first-order valence-electron chi connectivity index (χ1n) is 13.4. The fourth-order valence-corrected chi connectivity index (χ4v) is 7.65. The SMILES string of the molecule is CCC1(N2CCOCC2)CCC(Oc2ccnc3sc4c(c23)[C@@H](CC(=O)NCCCO)CC4)CC1. The van der Waals surface area contributed by atoms with Crippen LogP contribution >= 0.6 is 11.3 Å². The topological polar surface area (TPSA) is 83.9 Å². The van der Waals surface area contributed by atoms with Crippen molar-refractivity contribution in [2.75, 3.05) is 39.5 Å². The van der Waals surface area contributed by atoms with Crippen molar-refractivity contribution in [1.82, 2.24) is 15.2 Å². The van der Waals surface area contributed by atoms with Gasteiger partial charge < -0.3 is 19.9 Å². The molecule has 7 nitrogen and oxygen atoms in total. The van der Waals surface area contributed by atoms with Crippen LogP contribution in [-0.4, -0.2) is 72.0 Å². The molecule has 2 aliphatic carbocycles. The Bertz CT molecular complexity index is 1010. The number of aromatic nitrogens is 1. The van der Waals surface area contributed by atoms with E-state index in [2.05, 4.69) is 22.1 Å². The van der Waals surface area contributed by atoms with Gasteiger partial charge in [-0.05, 0) is 68.9 Å². The minimum atomic E-state index is 0.0632. The predicted octanol–water partition coefficient (Wildman–Crippen LogP) is 4.02. The van der Waals surface area contributed by atoms with E-state index in [0.29, 0.717) is 19.4 Å². The Balaban J connectivity index is 1.29. The highest BCUT2D eigenvalue weighted by Gasteiger charge is 2.40. The standard InChI is InChI=1S/C27H39N3O4S/c1-2-27(30-13-16-33-17-14-30)9-6-20(7-10-27)34-21-8-12-29-26-25(21)24-19(4-5-22(24)35-26)18-23(32)28-11-3-15-31/h8,12,19-20,31H,2-7,9-11,13-18H2,1H3,(H,28,32)/t19-,20?,27?/m1/s1. The van der Waals surface area contributed by atoms with Crippen molar-refractivity contribution in [1.29, 1.82) is 0 Å². The van der Waals surface area contributed by atoms with E-state index in [-0.39, 0.29) is 30.1 Å². The van der Waals surface area contributed by atoms with E-state index in [1.807, 2.05) is 12.3 Å². The largest absolute Gasteiger partial charge is 0.490 e. The van der Waals surface area contributed by atoms with E-state index >= 15 is 0 Å². The van der Waals surface area contributed by atoms with Gasteiger partial charge in [-0.1, -0.05) is 6.92 Å². The summed E-state index contributed by atoms with van der Waals surface area (Å²) in [6.45, 7) is 6.74. The van der Waals surface area contributed by atoms with E-state index in [4.69, 9.17) is 14.6 Å². The van der Waals surface area contributed by atoms with Crippen molar-refractivity contribution >= 4 is 27.5 Å². The molecule has 5 rings (SSSR count). The van der Waals surface area contributed by atoms with Gasteiger partial charge in [-0.15, -0.1) is 11.3 Å². The molecule has 2 aromatic rings. The summed E-state index contributed by atoms with van der Waals surface area (Å²) in [4.78, 5) is 22.2. The van der Waals surface area contributed by atoms with Gasteiger partial charge in [-0.25, -0.2) is 4.98 Å². The fraction of sp³-hybridized carbons (Fsp3) is 0.704. The van der Waals surface area contributed by atoms with Crippen molar-refractivity contribution in [2.24, 2.45) is 0 Å². The molecule has 35 heavy (non-hydrogen) atoms. The van der Waals surface area contributed by atoms with Crippen LogP contribution in [0.1, 0.15) is 74.6 Å². The summed E-state index contributed by atoms with van der Waals surface area (Å²) in [6, 6.07) is 2.02. The molecule has 0 unspecified atom stereocenters. The number of carbonyl (C=O) groups excluding carboxylic acids is 1. The molecule has 0 radical (unpaired) electrons. The number of hydrogen-bond acceptors (Lipinski definition) is 7. The normalized spacial score (nSPS) is 27.1. The Morgan fingerprint density at radius 1 is 1.31 bits per heavy atom. The molecule has 1 amide bonds. The third-order valence-corrected chi connectivity index (χ3v) is 9.55. The smallest absolute Gasteiger partial charge is 0.220 e. The van der Waals surface area contributed by atoms with Crippen LogP contribution < -0.4 is 10.1 Å². The second-order valence-corrected chi connectivity index (χ2v) is 11.4. The first-order chi connectivity index (χ1) is 17.1. The number of fused-ring (bicyclic) bond motifs is 3. The Kier molecular flexibility index (Phi) is 7.92. The number of hydrogen-bond donors (Lipinski definition) is 2. The van der Waals surface area contributed by atoms with Crippen LogP contribution in [0.4, 0.5) is 0 Å². The van der Waals surface area contributed by atoms with Crippen LogP contribution in [0.2, 0.25) is 0 Å². The average Bonchev–Trinajstić information content (AvgIpc) is 3.45. The maximum atomic E-state index is 12.5. The number of carbonyl (C=O) groups is 1. The van der Waals surface area contributed by atoms with Gasteiger partial charge in [-0.2, -0.15) is 0 Å². The quantitative estimate of drug-likeness (QED) is 0.505. The van der Waals surface area contributed by atoms with Crippen LogP contribution in [0, 0.1) is 0 Å². The Morgan fingerprint density at radius 3 is 2.86 bits per heavy atom. The Morgan fingerprint density at radius 2 is 2.11 bits per heavy atom. The van der Waals surface area contributed by atoms with Gasteiger partial charge in [0.15, 0.2) is 0 Å². The molecule has 1 saturated carbocycles. The Hall–Kier alpha value is -1.74. The highest BCUT2D eigenvalue weighted by atomic mass is 32.1. The second-order valence-electron chi connectivity index (χ2n) is 10.3. The maximum absolute atomic E-state index is 12.5. The molecule has 2 aromatic heterocycles. The van der Waals surface area contributed by atoms with Crippen LogP contribution in [-0.2, 0) is 16.0 Å². The van der Waals surface area contributed by atoms with Crippen LogP contribution in [0.3, 0.4) is 0 Å². The number of aliphatic hydroxyl groups is 1. The summed E-state index contributed by atoms with van der Waals surface area (Å²) in [5.41, 5.74) is 1.58. The first-order valence-corrected chi connectivity index (χ1v) is 14.2. The van der Waals surface area contributed by atoms with Crippen LogP contribution in [0.25, 0.3) is 10.2 Å². The second kappa shape index (κ2) is 11.1. The highest BCUT2D eigenvalue weighted by Crippen LogP contribution is 2.48. The van der Waals surface area contributed by atoms with E-state index in [1.165, 1.54) is 29.7 Å². The third kappa shape index (κ3) is 5.22. The number of aryl methyl sites for hydroxylation is 1. The van der Waals surface area contributed by atoms with Gasteiger partial charge in [0.05, 0.1) is 24.7 Å². The van der Waals surface area contributed by atoms with Crippen molar-refractivity contribution in [3.8, 4) is 5.75 Å². The number of ether oxygens (including phenoxy) is 2. The summed E-state index contributed by atoms with van der Waals surface area (Å²) in [7, 11) is 0.